The summed E-state index contributed by atoms with van der Waals surface area (Å²) >= 11 is 0. The van der Waals surface area contributed by atoms with Gasteiger partial charge in [0.15, 0.2) is 0 Å². The van der Waals surface area contributed by atoms with Crippen LogP contribution in [0.1, 0.15) is 11.1 Å². The molecule has 0 unspecified atom stereocenters. The van der Waals surface area contributed by atoms with Crippen LogP contribution < -0.4 is 10.5 Å². The molecule has 0 aromatic heterocycles. The van der Waals surface area contributed by atoms with Crippen LogP contribution in [0.3, 0.4) is 0 Å². The molecule has 3 N–H and O–H groups in total. The van der Waals surface area contributed by atoms with Gasteiger partial charge >= 0.3 is 0 Å². The Labute approximate surface area is 94.7 Å². The summed E-state index contributed by atoms with van der Waals surface area (Å²) in [5.41, 5.74) is 7.75. The summed E-state index contributed by atoms with van der Waals surface area (Å²) in [6, 6.07) is 3.57. The lowest BCUT2D eigenvalue weighted by Gasteiger charge is -2.11. The number of aliphatic hydroxyl groups is 1. The molecule has 0 radical (unpaired) electrons. The van der Waals surface area contributed by atoms with E-state index in [2.05, 4.69) is 0 Å². The summed E-state index contributed by atoms with van der Waals surface area (Å²) in [5, 5.41) is 9.13. The van der Waals surface area contributed by atoms with Crippen LogP contribution in [0.25, 0.3) is 0 Å². The number of rotatable bonds is 6. The molecule has 0 spiro atoms. The first-order valence-corrected chi connectivity index (χ1v) is 4.85. The summed E-state index contributed by atoms with van der Waals surface area (Å²) in [5.74, 6) is 0.544. The second kappa shape index (κ2) is 6.32. The van der Waals surface area contributed by atoms with Crippen LogP contribution in [-0.2, 0) is 22.7 Å². The van der Waals surface area contributed by atoms with E-state index in [0.29, 0.717) is 23.6 Å². The lowest BCUT2D eigenvalue weighted by Crippen LogP contribution is -2.02. The molecule has 0 aliphatic carbocycles. The van der Waals surface area contributed by atoms with Crippen molar-refractivity contribution < 1.29 is 19.3 Å². The molecule has 0 saturated heterocycles. The van der Waals surface area contributed by atoms with E-state index in [1.54, 1.807) is 19.2 Å². The first-order chi connectivity index (χ1) is 7.72. The fourth-order valence-electron chi connectivity index (χ4n) is 1.37. The highest BCUT2D eigenvalue weighted by molar-refractivity contribution is 5.59. The molecule has 16 heavy (non-hydrogen) atoms. The van der Waals surface area contributed by atoms with Gasteiger partial charge in [-0.1, -0.05) is 0 Å². The molecule has 5 heteroatoms. The molecule has 1 aromatic rings. The number of nitrogen functional groups attached to an aromatic ring is 1. The Morgan fingerprint density at radius 2 is 2.06 bits per heavy atom. The van der Waals surface area contributed by atoms with E-state index >= 15 is 0 Å². The van der Waals surface area contributed by atoms with Crippen molar-refractivity contribution in [3.63, 3.8) is 0 Å². The first kappa shape index (κ1) is 12.8. The van der Waals surface area contributed by atoms with E-state index in [4.69, 9.17) is 25.1 Å². The van der Waals surface area contributed by atoms with Crippen molar-refractivity contribution in [2.24, 2.45) is 0 Å². The second-order valence-electron chi connectivity index (χ2n) is 3.28. The molecule has 0 saturated carbocycles. The quantitative estimate of drug-likeness (QED) is 0.429. The van der Waals surface area contributed by atoms with Gasteiger partial charge in [0.2, 0.25) is 0 Å². The number of hydrogen-bond donors (Lipinski definition) is 2. The van der Waals surface area contributed by atoms with E-state index in [9.17, 15) is 0 Å². The lowest BCUT2D eigenvalue weighted by atomic mass is 10.1. The maximum Gasteiger partial charge on any atom is 0.146 e. The third kappa shape index (κ3) is 3.10. The van der Waals surface area contributed by atoms with Gasteiger partial charge in [0.25, 0.3) is 0 Å². The molecule has 0 aliphatic heterocycles. The van der Waals surface area contributed by atoms with Crippen molar-refractivity contribution in [1.29, 1.82) is 0 Å². The number of methoxy groups -OCH3 is 2. The fourth-order valence-corrected chi connectivity index (χ4v) is 1.37. The summed E-state index contributed by atoms with van der Waals surface area (Å²) in [6.07, 6.45) is 0. The molecule has 0 bridgehead atoms. The summed E-state index contributed by atoms with van der Waals surface area (Å²) in [6.45, 7) is 0.485. The van der Waals surface area contributed by atoms with E-state index in [1.807, 2.05) is 0 Å². The van der Waals surface area contributed by atoms with Crippen LogP contribution in [0.15, 0.2) is 12.1 Å². The van der Waals surface area contributed by atoms with Gasteiger partial charge in [0, 0.05) is 12.7 Å². The van der Waals surface area contributed by atoms with Gasteiger partial charge < -0.3 is 25.1 Å². The van der Waals surface area contributed by atoms with Crippen LogP contribution in [0.5, 0.6) is 5.75 Å². The molecule has 90 valence electrons. The molecule has 1 rings (SSSR count). The first-order valence-electron chi connectivity index (χ1n) is 4.85. The number of aliphatic hydroxyl groups excluding tert-OH is 1. The van der Waals surface area contributed by atoms with Crippen molar-refractivity contribution in [1.82, 2.24) is 0 Å². The second-order valence-corrected chi connectivity index (χ2v) is 3.28. The predicted octanol–water partition coefficient (Wildman–Crippen LogP) is 0.890. The summed E-state index contributed by atoms with van der Waals surface area (Å²) in [4.78, 5) is 0. The van der Waals surface area contributed by atoms with Crippen LogP contribution in [0.4, 0.5) is 5.69 Å². The minimum absolute atomic E-state index is 0.125. The fraction of sp³-hybridized carbons (Fsp3) is 0.455. The van der Waals surface area contributed by atoms with Crippen molar-refractivity contribution in [3.05, 3.63) is 23.3 Å². The number of hydrogen-bond acceptors (Lipinski definition) is 5. The van der Waals surface area contributed by atoms with E-state index in [1.165, 1.54) is 7.11 Å². The van der Waals surface area contributed by atoms with Crippen LogP contribution >= 0.6 is 0 Å². The van der Waals surface area contributed by atoms with E-state index in [-0.39, 0.29) is 13.4 Å². The Morgan fingerprint density at radius 1 is 1.31 bits per heavy atom. The molecule has 1 aromatic carbocycles. The third-order valence-electron chi connectivity index (χ3n) is 2.15. The van der Waals surface area contributed by atoms with Gasteiger partial charge in [-0.3, -0.25) is 0 Å². The average molecular weight is 227 g/mol. The Kier molecular flexibility index (Phi) is 5.04. The Hall–Kier alpha value is -1.30. The van der Waals surface area contributed by atoms with Crippen LogP contribution in [0, 0.1) is 0 Å². The largest absolute Gasteiger partial charge is 0.495 e. The monoisotopic (exact) mass is 227 g/mol. The number of anilines is 1. The van der Waals surface area contributed by atoms with Crippen molar-refractivity contribution in [2.75, 3.05) is 26.7 Å². The molecule has 0 atom stereocenters. The average Bonchev–Trinajstić information content (AvgIpc) is 2.31. The molecule has 0 amide bonds. The lowest BCUT2D eigenvalue weighted by molar-refractivity contribution is -0.0391. The molecule has 0 fully saturated rings. The SMILES string of the molecule is COCOCc1cc(CO)c(N)c(OC)c1. The normalized spacial score (nSPS) is 10.4. The van der Waals surface area contributed by atoms with Gasteiger partial charge in [-0.05, 0) is 17.7 Å². The van der Waals surface area contributed by atoms with Crippen molar-refractivity contribution in [3.8, 4) is 5.75 Å². The highest BCUT2D eigenvalue weighted by atomic mass is 16.7. The minimum atomic E-state index is -0.125. The smallest absolute Gasteiger partial charge is 0.146 e. The van der Waals surface area contributed by atoms with Crippen molar-refractivity contribution in [2.45, 2.75) is 13.2 Å². The minimum Gasteiger partial charge on any atom is -0.495 e. The van der Waals surface area contributed by atoms with Gasteiger partial charge in [-0.15, -0.1) is 0 Å². The van der Waals surface area contributed by atoms with Gasteiger partial charge in [0.05, 0.1) is 26.0 Å². The Morgan fingerprint density at radius 3 is 2.62 bits per heavy atom. The maximum absolute atomic E-state index is 9.13. The van der Waals surface area contributed by atoms with Gasteiger partial charge in [-0.2, -0.15) is 0 Å². The van der Waals surface area contributed by atoms with E-state index in [0.717, 1.165) is 5.56 Å². The van der Waals surface area contributed by atoms with Crippen LogP contribution in [-0.4, -0.2) is 26.1 Å². The Bertz CT molecular complexity index is 316. The zero-order valence-electron chi connectivity index (χ0n) is 9.53. The number of ether oxygens (including phenoxy) is 3. The molecule has 5 nitrogen and oxygen atoms in total. The third-order valence-corrected chi connectivity index (χ3v) is 2.15. The Balaban J connectivity index is 2.84. The zero-order valence-corrected chi connectivity index (χ0v) is 9.53. The van der Waals surface area contributed by atoms with Gasteiger partial charge in [0.1, 0.15) is 12.5 Å². The predicted molar refractivity (Wildman–Crippen MR) is 60.0 cm³/mol. The number of nitrogens with two attached hydrogens (primary N) is 1. The zero-order chi connectivity index (χ0) is 12.0. The van der Waals surface area contributed by atoms with E-state index < -0.39 is 0 Å². The maximum atomic E-state index is 9.13. The number of benzene rings is 1. The van der Waals surface area contributed by atoms with Crippen LogP contribution in [0.2, 0.25) is 0 Å². The van der Waals surface area contributed by atoms with Gasteiger partial charge in [-0.25, -0.2) is 0 Å². The topological polar surface area (TPSA) is 73.9 Å². The van der Waals surface area contributed by atoms with Crippen molar-refractivity contribution >= 4 is 5.69 Å². The highest BCUT2D eigenvalue weighted by Gasteiger charge is 2.08. The molecular formula is C11H17NO4. The highest BCUT2D eigenvalue weighted by Crippen LogP contribution is 2.27. The standard InChI is InChI=1S/C11H17NO4/c1-14-7-16-6-8-3-9(5-13)11(12)10(4-8)15-2/h3-4,13H,5-7,12H2,1-2H3. The molecular weight excluding hydrogens is 210 g/mol. The summed E-state index contributed by atoms with van der Waals surface area (Å²) in [7, 11) is 3.09. The summed E-state index contributed by atoms with van der Waals surface area (Å²) < 4.78 is 15.1. The molecule has 0 aliphatic rings. The molecule has 0 heterocycles.